The van der Waals surface area contributed by atoms with E-state index in [1.807, 2.05) is 12.1 Å². The quantitative estimate of drug-likeness (QED) is 0.742. The summed E-state index contributed by atoms with van der Waals surface area (Å²) in [7, 11) is 1.21. The normalized spacial score (nSPS) is 12.8. The van der Waals surface area contributed by atoms with Crippen molar-refractivity contribution >= 4 is 5.97 Å². The molecule has 6 nitrogen and oxygen atoms in total. The van der Waals surface area contributed by atoms with E-state index in [4.69, 9.17) is 4.74 Å². The van der Waals surface area contributed by atoms with Crippen molar-refractivity contribution in [3.05, 3.63) is 35.9 Å². The molecule has 0 fully saturated rings. The fraction of sp³-hybridized carbons (Fsp3) is 0.389. The van der Waals surface area contributed by atoms with Crippen molar-refractivity contribution in [3.63, 3.8) is 0 Å². The molecule has 0 spiro atoms. The van der Waals surface area contributed by atoms with E-state index in [2.05, 4.69) is 0 Å². The van der Waals surface area contributed by atoms with Crippen molar-refractivity contribution in [2.24, 2.45) is 11.3 Å². The van der Waals surface area contributed by atoms with Crippen molar-refractivity contribution in [2.45, 2.75) is 25.2 Å². The Morgan fingerprint density at radius 3 is 2.04 bits per heavy atom. The zero-order chi connectivity index (χ0) is 18.2. The molecule has 0 radical (unpaired) electrons. The molecule has 0 aliphatic carbocycles. The summed E-state index contributed by atoms with van der Waals surface area (Å²) in [6.45, 7) is 1.71. The lowest BCUT2D eigenvalue weighted by Crippen LogP contribution is -2.49. The monoisotopic (exact) mass is 320 g/mol. The van der Waals surface area contributed by atoms with Crippen LogP contribution in [0.5, 0.6) is 0 Å². The molecule has 0 bridgehead atoms. The molecule has 1 aromatic rings. The first-order valence-electron chi connectivity index (χ1n) is 7.26. The first-order valence-corrected chi connectivity index (χ1v) is 7.26. The van der Waals surface area contributed by atoms with Gasteiger partial charge in [0, 0.05) is 5.41 Å². The number of carbonyl (C=O) groups is 1. The molecule has 0 aliphatic heterocycles. The van der Waals surface area contributed by atoms with Crippen LogP contribution < -0.4 is 0 Å². The van der Waals surface area contributed by atoms with Crippen LogP contribution in [0.3, 0.4) is 0 Å². The molecule has 0 amide bonds. The van der Waals surface area contributed by atoms with Crippen molar-refractivity contribution in [1.82, 2.24) is 0 Å². The molecular weight excluding hydrogens is 304 g/mol. The zero-order valence-electron chi connectivity index (χ0n) is 13.5. The number of hydrogen-bond donors (Lipinski definition) is 0. The van der Waals surface area contributed by atoms with Gasteiger partial charge < -0.3 is 4.74 Å². The molecule has 120 valence electrons. The van der Waals surface area contributed by atoms with Gasteiger partial charge in [-0.3, -0.25) is 4.79 Å². The average Bonchev–Trinajstić information content (AvgIpc) is 2.65. The number of benzene rings is 1. The Balaban J connectivity index is 3.84. The van der Waals surface area contributed by atoms with Crippen molar-refractivity contribution in [1.29, 1.82) is 21.0 Å². The van der Waals surface area contributed by atoms with Gasteiger partial charge in [-0.1, -0.05) is 37.3 Å². The molecule has 0 heterocycles. The summed E-state index contributed by atoms with van der Waals surface area (Å²) in [5.74, 6) is -2.14. The molecule has 1 aromatic carbocycles. The van der Waals surface area contributed by atoms with E-state index in [1.54, 1.807) is 49.4 Å². The van der Waals surface area contributed by atoms with E-state index in [0.29, 0.717) is 5.56 Å². The second-order valence-corrected chi connectivity index (χ2v) is 5.28. The molecule has 0 saturated carbocycles. The number of rotatable bonds is 6. The number of esters is 1. The SMILES string of the molecule is CCC(CC(=O)OC)(c1ccccc1)C(C#N)(C#N)C(C#N)C#N. The predicted molar refractivity (Wildman–Crippen MR) is 83.4 cm³/mol. The smallest absolute Gasteiger partial charge is 0.306 e. The summed E-state index contributed by atoms with van der Waals surface area (Å²) in [4.78, 5) is 12.0. The minimum atomic E-state index is -2.01. The summed E-state index contributed by atoms with van der Waals surface area (Å²) in [6.07, 6.45) is -0.0852. The predicted octanol–water partition coefficient (Wildman–Crippen LogP) is 2.59. The van der Waals surface area contributed by atoms with Crippen LogP contribution in [0.4, 0.5) is 0 Å². The Kier molecular flexibility index (Phi) is 6.06. The number of carbonyl (C=O) groups excluding carboxylic acids is 1. The van der Waals surface area contributed by atoms with Crippen LogP contribution in [-0.4, -0.2) is 13.1 Å². The fourth-order valence-corrected chi connectivity index (χ4v) is 3.02. The standard InChI is InChI=1S/C18H16N4O2/c1-3-17(9-16(23)24-2,14-7-5-4-6-8-14)18(12-21,13-22)15(10-19)11-20/h4-8,15H,3,9H2,1-2H3. The maximum absolute atomic E-state index is 12.0. The van der Waals surface area contributed by atoms with Gasteiger partial charge in [-0.05, 0) is 12.0 Å². The largest absolute Gasteiger partial charge is 0.469 e. The first-order chi connectivity index (χ1) is 11.5. The van der Waals surface area contributed by atoms with E-state index in [-0.39, 0.29) is 12.8 Å². The number of ether oxygens (including phenoxy) is 1. The number of hydrogen-bond acceptors (Lipinski definition) is 6. The average molecular weight is 320 g/mol. The lowest BCUT2D eigenvalue weighted by molar-refractivity contribution is -0.143. The third kappa shape index (κ3) is 2.79. The number of nitrogens with zero attached hydrogens (tertiary/aromatic N) is 4. The third-order valence-electron chi connectivity index (χ3n) is 4.40. The van der Waals surface area contributed by atoms with Crippen LogP contribution in [0, 0.1) is 56.7 Å². The second-order valence-electron chi connectivity index (χ2n) is 5.28. The van der Waals surface area contributed by atoms with Crippen molar-refractivity contribution < 1.29 is 9.53 Å². The van der Waals surface area contributed by atoms with Gasteiger partial charge in [0.05, 0.1) is 37.8 Å². The van der Waals surface area contributed by atoms with Gasteiger partial charge in [-0.15, -0.1) is 0 Å². The highest BCUT2D eigenvalue weighted by Crippen LogP contribution is 2.51. The Bertz CT molecular complexity index is 733. The molecule has 6 heteroatoms. The topological polar surface area (TPSA) is 121 Å². The van der Waals surface area contributed by atoms with Gasteiger partial charge in [-0.25, -0.2) is 0 Å². The number of nitriles is 4. The summed E-state index contributed by atoms with van der Waals surface area (Å²) in [5, 5.41) is 38.3. The lowest BCUT2D eigenvalue weighted by atomic mass is 9.53. The molecule has 1 rings (SSSR count). The molecule has 1 atom stereocenters. The summed E-state index contributed by atoms with van der Waals surface area (Å²) >= 11 is 0. The van der Waals surface area contributed by atoms with Crippen LogP contribution in [0.1, 0.15) is 25.3 Å². The lowest BCUT2D eigenvalue weighted by Gasteiger charge is -2.42. The fourth-order valence-electron chi connectivity index (χ4n) is 3.02. The van der Waals surface area contributed by atoms with Crippen LogP contribution in [0.2, 0.25) is 0 Å². The second kappa shape index (κ2) is 7.77. The van der Waals surface area contributed by atoms with Gasteiger partial charge >= 0.3 is 5.97 Å². The minimum Gasteiger partial charge on any atom is -0.469 e. The Morgan fingerprint density at radius 2 is 1.67 bits per heavy atom. The van der Waals surface area contributed by atoms with Crippen LogP contribution in [-0.2, 0) is 14.9 Å². The highest BCUT2D eigenvalue weighted by molar-refractivity contribution is 5.72. The van der Waals surface area contributed by atoms with E-state index >= 15 is 0 Å². The molecule has 0 aromatic heterocycles. The van der Waals surface area contributed by atoms with Gasteiger partial charge in [0.2, 0.25) is 0 Å². The van der Waals surface area contributed by atoms with Crippen LogP contribution in [0.25, 0.3) is 0 Å². The third-order valence-corrected chi connectivity index (χ3v) is 4.40. The van der Waals surface area contributed by atoms with E-state index in [9.17, 15) is 25.8 Å². The van der Waals surface area contributed by atoms with E-state index < -0.39 is 22.7 Å². The van der Waals surface area contributed by atoms with Gasteiger partial charge in [-0.2, -0.15) is 21.0 Å². The number of methoxy groups -OCH3 is 1. The zero-order valence-corrected chi connectivity index (χ0v) is 13.5. The van der Waals surface area contributed by atoms with Crippen LogP contribution in [0.15, 0.2) is 30.3 Å². The summed E-state index contributed by atoms with van der Waals surface area (Å²) in [6, 6.07) is 15.8. The minimum absolute atomic E-state index is 0.201. The van der Waals surface area contributed by atoms with E-state index in [1.165, 1.54) is 7.11 Å². The molecule has 0 aliphatic rings. The highest BCUT2D eigenvalue weighted by Gasteiger charge is 2.59. The van der Waals surface area contributed by atoms with Gasteiger partial charge in [0.1, 0.15) is 0 Å². The van der Waals surface area contributed by atoms with Crippen LogP contribution >= 0.6 is 0 Å². The molecule has 24 heavy (non-hydrogen) atoms. The van der Waals surface area contributed by atoms with E-state index in [0.717, 1.165) is 0 Å². The Labute approximate surface area is 141 Å². The molecule has 0 N–H and O–H groups in total. The summed E-state index contributed by atoms with van der Waals surface area (Å²) < 4.78 is 4.74. The maximum Gasteiger partial charge on any atom is 0.306 e. The molecule has 1 unspecified atom stereocenters. The molecule has 0 saturated heterocycles. The Morgan fingerprint density at radius 1 is 1.12 bits per heavy atom. The maximum atomic E-state index is 12.0. The van der Waals surface area contributed by atoms with Gasteiger partial charge in [0.15, 0.2) is 11.3 Å². The first kappa shape index (κ1) is 18.7. The van der Waals surface area contributed by atoms with Crippen molar-refractivity contribution in [3.8, 4) is 24.3 Å². The summed E-state index contributed by atoms with van der Waals surface area (Å²) in [5.41, 5.74) is -2.82. The van der Waals surface area contributed by atoms with Gasteiger partial charge in [0.25, 0.3) is 0 Å². The Hall–Kier alpha value is -3.35. The molecular formula is C18H16N4O2. The highest BCUT2D eigenvalue weighted by atomic mass is 16.5. The van der Waals surface area contributed by atoms with Crippen molar-refractivity contribution in [2.75, 3.05) is 7.11 Å².